The lowest BCUT2D eigenvalue weighted by molar-refractivity contribution is -0.119. The zero-order valence-corrected chi connectivity index (χ0v) is 12.1. The van der Waals surface area contributed by atoms with Crippen LogP contribution in [0.5, 0.6) is 0 Å². The first kappa shape index (κ1) is 14.8. The highest BCUT2D eigenvalue weighted by Crippen LogP contribution is 2.29. The Balaban J connectivity index is 2.25. The van der Waals surface area contributed by atoms with E-state index >= 15 is 0 Å². The van der Waals surface area contributed by atoms with E-state index in [9.17, 15) is 4.79 Å². The van der Waals surface area contributed by atoms with Gasteiger partial charge in [0.15, 0.2) is 0 Å². The zero-order valence-electron chi connectivity index (χ0n) is 11.2. The number of amides is 1. The van der Waals surface area contributed by atoms with Crippen molar-refractivity contribution < 1.29 is 4.79 Å². The molecule has 0 aromatic carbocycles. The average molecular weight is 258 g/mol. The Morgan fingerprint density at radius 3 is 2.82 bits per heavy atom. The van der Waals surface area contributed by atoms with Crippen molar-refractivity contribution in [3.05, 3.63) is 0 Å². The Morgan fingerprint density at radius 2 is 2.18 bits per heavy atom. The van der Waals surface area contributed by atoms with E-state index in [0.717, 1.165) is 18.1 Å². The van der Waals surface area contributed by atoms with Crippen LogP contribution in [0.4, 0.5) is 0 Å². The molecular weight excluding hydrogens is 232 g/mol. The molecule has 3 nitrogen and oxygen atoms in total. The number of carbonyl (C=O) groups excluding carboxylic acids is 1. The van der Waals surface area contributed by atoms with Gasteiger partial charge in [-0.3, -0.25) is 4.79 Å². The highest BCUT2D eigenvalue weighted by atomic mass is 32.2. The van der Waals surface area contributed by atoms with E-state index in [2.05, 4.69) is 19.2 Å². The first-order chi connectivity index (χ1) is 8.00. The van der Waals surface area contributed by atoms with Gasteiger partial charge in [0.2, 0.25) is 5.91 Å². The number of hydrogen-bond acceptors (Lipinski definition) is 3. The number of thioether (sulfide) groups is 1. The lowest BCUT2D eigenvalue weighted by atomic mass is 9.78. The first-order valence-electron chi connectivity index (χ1n) is 6.63. The van der Waals surface area contributed by atoms with Gasteiger partial charge in [0.25, 0.3) is 0 Å². The third kappa shape index (κ3) is 5.30. The van der Waals surface area contributed by atoms with Gasteiger partial charge >= 0.3 is 0 Å². The summed E-state index contributed by atoms with van der Waals surface area (Å²) in [7, 11) is 0. The monoisotopic (exact) mass is 258 g/mol. The summed E-state index contributed by atoms with van der Waals surface area (Å²) in [6.07, 6.45) is 3.67. The van der Waals surface area contributed by atoms with Crippen LogP contribution in [0.1, 0.15) is 40.0 Å². The van der Waals surface area contributed by atoms with Crippen molar-refractivity contribution in [1.29, 1.82) is 0 Å². The van der Waals surface area contributed by atoms with Crippen molar-refractivity contribution in [3.8, 4) is 0 Å². The fourth-order valence-corrected chi connectivity index (χ4v) is 3.13. The molecule has 1 fully saturated rings. The molecule has 4 heteroatoms. The van der Waals surface area contributed by atoms with Crippen molar-refractivity contribution >= 4 is 17.7 Å². The number of nitrogens with one attached hydrogen (secondary N) is 1. The lowest BCUT2D eigenvalue weighted by Gasteiger charge is -2.34. The molecule has 0 aromatic rings. The van der Waals surface area contributed by atoms with E-state index in [0.29, 0.717) is 17.7 Å². The average Bonchev–Trinajstić information content (AvgIpc) is 2.24. The molecule has 0 radical (unpaired) electrons. The van der Waals surface area contributed by atoms with E-state index in [4.69, 9.17) is 5.73 Å². The maximum Gasteiger partial charge on any atom is 0.230 e. The molecule has 1 rings (SSSR count). The minimum Gasteiger partial charge on any atom is -0.352 e. The quantitative estimate of drug-likeness (QED) is 0.793. The van der Waals surface area contributed by atoms with Crippen LogP contribution in [0, 0.1) is 11.8 Å². The van der Waals surface area contributed by atoms with Crippen LogP contribution in [0.15, 0.2) is 0 Å². The van der Waals surface area contributed by atoms with Crippen LogP contribution < -0.4 is 11.1 Å². The van der Waals surface area contributed by atoms with Gasteiger partial charge in [0, 0.05) is 17.8 Å². The lowest BCUT2D eigenvalue weighted by Crippen LogP contribution is -2.44. The molecule has 0 saturated heterocycles. The van der Waals surface area contributed by atoms with Gasteiger partial charge in [-0.15, -0.1) is 0 Å². The topological polar surface area (TPSA) is 55.1 Å². The molecule has 100 valence electrons. The van der Waals surface area contributed by atoms with Crippen molar-refractivity contribution in [3.63, 3.8) is 0 Å². The molecule has 1 aliphatic rings. The molecule has 1 saturated carbocycles. The Kier molecular flexibility index (Phi) is 6.34. The van der Waals surface area contributed by atoms with Gasteiger partial charge < -0.3 is 11.1 Å². The summed E-state index contributed by atoms with van der Waals surface area (Å²) in [5, 5.41) is 3.17. The summed E-state index contributed by atoms with van der Waals surface area (Å²) in [4.78, 5) is 11.8. The smallest absolute Gasteiger partial charge is 0.230 e. The third-order valence-corrected chi connectivity index (χ3v) is 4.89. The van der Waals surface area contributed by atoms with Gasteiger partial charge in [0.05, 0.1) is 5.75 Å². The molecule has 3 N–H and O–H groups in total. The van der Waals surface area contributed by atoms with Crippen LogP contribution >= 0.6 is 11.8 Å². The highest BCUT2D eigenvalue weighted by molar-refractivity contribution is 7.99. The molecular formula is C13H26N2OS. The Bertz CT molecular complexity index is 246. The first-order valence-corrected chi connectivity index (χ1v) is 7.79. The third-order valence-electron chi connectivity index (χ3n) is 3.67. The predicted molar refractivity (Wildman–Crippen MR) is 75.1 cm³/mol. The summed E-state index contributed by atoms with van der Waals surface area (Å²) < 4.78 is 0. The van der Waals surface area contributed by atoms with E-state index < -0.39 is 0 Å². The van der Waals surface area contributed by atoms with Crippen molar-refractivity contribution in [2.45, 2.75) is 52.1 Å². The van der Waals surface area contributed by atoms with Gasteiger partial charge in [-0.1, -0.05) is 26.7 Å². The second-order valence-corrected chi connectivity index (χ2v) is 6.46. The number of hydrogen-bond donors (Lipinski definition) is 2. The maximum atomic E-state index is 11.8. The second-order valence-electron chi connectivity index (χ2n) is 5.43. The molecule has 0 spiro atoms. The molecule has 0 bridgehead atoms. The Hall–Kier alpha value is -0.220. The standard InChI is InChI=1S/C13H26N2OS/c1-9-5-4-6-12(11(9)3)15-13(16)8-17-7-10(2)14/h9-12H,4-8,14H2,1-3H3,(H,15,16). The molecule has 0 heterocycles. The number of carbonyl (C=O) groups is 1. The van der Waals surface area contributed by atoms with Crippen molar-refractivity contribution in [1.82, 2.24) is 5.32 Å². The van der Waals surface area contributed by atoms with Gasteiger partial charge in [0.1, 0.15) is 0 Å². The van der Waals surface area contributed by atoms with Crippen LogP contribution in [0.2, 0.25) is 0 Å². The van der Waals surface area contributed by atoms with Crippen molar-refractivity contribution in [2.75, 3.05) is 11.5 Å². The fraction of sp³-hybridized carbons (Fsp3) is 0.923. The van der Waals surface area contributed by atoms with E-state index in [-0.39, 0.29) is 11.9 Å². The highest BCUT2D eigenvalue weighted by Gasteiger charge is 2.27. The van der Waals surface area contributed by atoms with E-state index in [1.54, 1.807) is 11.8 Å². The van der Waals surface area contributed by atoms with Crippen molar-refractivity contribution in [2.24, 2.45) is 17.6 Å². The molecule has 4 atom stereocenters. The summed E-state index contributed by atoms with van der Waals surface area (Å²) in [5.74, 6) is 2.89. The fourth-order valence-electron chi connectivity index (χ4n) is 2.37. The number of nitrogens with two attached hydrogens (primary N) is 1. The van der Waals surface area contributed by atoms with E-state index in [1.165, 1.54) is 12.8 Å². The minimum atomic E-state index is 0.168. The van der Waals surface area contributed by atoms with Crippen LogP contribution in [-0.2, 0) is 4.79 Å². The largest absolute Gasteiger partial charge is 0.352 e. The molecule has 0 aliphatic heterocycles. The van der Waals surface area contributed by atoms with Gasteiger partial charge in [-0.05, 0) is 25.2 Å². The van der Waals surface area contributed by atoms with Gasteiger partial charge in [-0.2, -0.15) is 11.8 Å². The van der Waals surface area contributed by atoms with Crippen LogP contribution in [-0.4, -0.2) is 29.5 Å². The van der Waals surface area contributed by atoms with Gasteiger partial charge in [-0.25, -0.2) is 0 Å². The normalized spacial score (nSPS) is 30.9. The minimum absolute atomic E-state index is 0.168. The van der Waals surface area contributed by atoms with Crippen LogP contribution in [0.3, 0.4) is 0 Å². The Labute approximate surface area is 109 Å². The summed E-state index contributed by atoms with van der Waals surface area (Å²) in [6.45, 7) is 6.51. The zero-order chi connectivity index (χ0) is 12.8. The second kappa shape index (κ2) is 7.27. The number of rotatable bonds is 5. The summed E-state index contributed by atoms with van der Waals surface area (Å²) >= 11 is 1.62. The molecule has 4 unspecified atom stereocenters. The van der Waals surface area contributed by atoms with E-state index in [1.807, 2.05) is 6.92 Å². The Morgan fingerprint density at radius 1 is 1.47 bits per heavy atom. The maximum absolute atomic E-state index is 11.8. The SMILES string of the molecule is CC(N)CSCC(=O)NC1CCCC(C)C1C. The molecule has 17 heavy (non-hydrogen) atoms. The van der Waals surface area contributed by atoms with Crippen LogP contribution in [0.25, 0.3) is 0 Å². The molecule has 1 amide bonds. The molecule has 0 aromatic heterocycles. The summed E-state index contributed by atoms with van der Waals surface area (Å²) in [5.41, 5.74) is 5.65. The summed E-state index contributed by atoms with van der Waals surface area (Å²) in [6, 6.07) is 0.545. The predicted octanol–water partition coefficient (Wildman–Crippen LogP) is 2.01. The molecule has 1 aliphatic carbocycles.